The van der Waals surface area contributed by atoms with Gasteiger partial charge in [-0.05, 0) is 19.3 Å². The van der Waals surface area contributed by atoms with Gasteiger partial charge in [0.05, 0.1) is 6.16 Å². The zero-order valence-corrected chi connectivity index (χ0v) is 10.7. The number of rotatable bonds is 5. The van der Waals surface area contributed by atoms with Crippen LogP contribution in [0.4, 0.5) is 0 Å². The monoisotopic (exact) mass is 265 g/mol. The summed E-state index contributed by atoms with van der Waals surface area (Å²) in [6.45, 7) is 0.187. The molecule has 1 rings (SSSR count). The number of amides is 1. The average Bonchev–Trinajstić information content (AvgIpc) is 2.24. The van der Waals surface area contributed by atoms with Crippen molar-refractivity contribution in [3.63, 3.8) is 0 Å². The van der Waals surface area contributed by atoms with E-state index >= 15 is 0 Å². The molecule has 1 aliphatic carbocycles. The molecule has 0 atom stereocenters. The molecule has 0 radical (unpaired) electrons. The van der Waals surface area contributed by atoms with E-state index in [1.807, 2.05) is 0 Å². The molecule has 1 aliphatic rings. The Kier molecular flexibility index (Phi) is 5.13. The van der Waals surface area contributed by atoms with E-state index < -0.39 is 19.1 Å². The Morgan fingerprint density at radius 1 is 1.24 bits per heavy atom. The fourth-order valence-electron chi connectivity index (χ4n) is 2.02. The van der Waals surface area contributed by atoms with Crippen LogP contribution in [0.5, 0.6) is 0 Å². The average molecular weight is 265 g/mol. The lowest BCUT2D eigenvalue weighted by Crippen LogP contribution is -2.48. The van der Waals surface area contributed by atoms with Crippen LogP contribution in [0.3, 0.4) is 0 Å². The third-order valence-electron chi connectivity index (χ3n) is 3.02. The van der Waals surface area contributed by atoms with E-state index in [-0.39, 0.29) is 19.1 Å². The molecule has 0 saturated heterocycles. The number of carbonyl (C=O) groups excluding carboxylic acids is 1. The fourth-order valence-corrected chi connectivity index (χ4v) is 2.59. The number of hydrogen-bond acceptors (Lipinski definition) is 3. The maximum atomic E-state index is 11.7. The van der Waals surface area contributed by atoms with Gasteiger partial charge in [-0.3, -0.25) is 9.36 Å². The highest BCUT2D eigenvalue weighted by molar-refractivity contribution is 7.51. The smallest absolute Gasteiger partial charge is 0.325 e. The molecular formula is C10H20NO5P. The van der Waals surface area contributed by atoms with Gasteiger partial charge in [0.25, 0.3) is 5.91 Å². The molecule has 6 nitrogen and oxygen atoms in total. The lowest BCUT2D eigenvalue weighted by Gasteiger charge is -2.30. The highest BCUT2D eigenvalue weighted by Gasteiger charge is 2.36. The van der Waals surface area contributed by atoms with E-state index in [2.05, 4.69) is 5.32 Å². The predicted octanol–water partition coefficient (Wildman–Crippen LogP) is 0.366. The van der Waals surface area contributed by atoms with Gasteiger partial charge in [-0.1, -0.05) is 19.3 Å². The molecular weight excluding hydrogens is 245 g/mol. The Hall–Kier alpha value is -0.420. The van der Waals surface area contributed by atoms with Crippen LogP contribution in [-0.4, -0.2) is 39.1 Å². The van der Waals surface area contributed by atoms with Crippen LogP contribution in [0.2, 0.25) is 0 Å². The van der Waals surface area contributed by atoms with Crippen LogP contribution >= 0.6 is 7.60 Å². The van der Waals surface area contributed by atoms with E-state index in [1.165, 1.54) is 0 Å². The first-order chi connectivity index (χ1) is 7.83. The lowest BCUT2D eigenvalue weighted by atomic mass is 9.84. The van der Waals surface area contributed by atoms with Gasteiger partial charge in [0.1, 0.15) is 5.60 Å². The molecule has 0 aliphatic heterocycles. The SMILES string of the molecule is O=C(NCCCP(=O)(O)O)C1(O)CCCCC1. The molecule has 7 heteroatoms. The fraction of sp³-hybridized carbons (Fsp3) is 0.900. The van der Waals surface area contributed by atoms with E-state index in [1.54, 1.807) is 0 Å². The topological polar surface area (TPSA) is 107 Å². The van der Waals surface area contributed by atoms with Crippen molar-refractivity contribution in [2.24, 2.45) is 0 Å². The van der Waals surface area contributed by atoms with Gasteiger partial charge < -0.3 is 20.2 Å². The Morgan fingerprint density at radius 2 is 1.82 bits per heavy atom. The third-order valence-corrected chi connectivity index (χ3v) is 3.91. The Labute approximate surface area is 101 Å². The predicted molar refractivity (Wildman–Crippen MR) is 62.6 cm³/mol. The van der Waals surface area contributed by atoms with Gasteiger partial charge in [0.15, 0.2) is 0 Å². The number of carbonyl (C=O) groups is 1. The van der Waals surface area contributed by atoms with Gasteiger partial charge in [-0.15, -0.1) is 0 Å². The van der Waals surface area contributed by atoms with Crippen molar-refractivity contribution in [2.45, 2.75) is 44.1 Å². The number of hydrogen-bond donors (Lipinski definition) is 4. The van der Waals surface area contributed by atoms with E-state index in [9.17, 15) is 14.5 Å². The minimum absolute atomic E-state index is 0.187. The summed E-state index contributed by atoms with van der Waals surface area (Å²) >= 11 is 0. The standard InChI is InChI=1S/C10H20NO5P/c12-9(10(13)5-2-1-3-6-10)11-7-4-8-17(14,15)16/h13H,1-8H2,(H,11,12)(H2,14,15,16). The maximum absolute atomic E-state index is 11.7. The molecule has 0 aromatic carbocycles. The summed E-state index contributed by atoms with van der Waals surface area (Å²) in [5, 5.41) is 12.6. The molecule has 0 spiro atoms. The molecule has 1 fully saturated rings. The molecule has 1 amide bonds. The second-order valence-corrected chi connectivity index (χ2v) is 6.37. The molecule has 100 valence electrons. The first-order valence-corrected chi connectivity index (χ1v) is 7.68. The van der Waals surface area contributed by atoms with Crippen LogP contribution in [0.15, 0.2) is 0 Å². The van der Waals surface area contributed by atoms with Crippen molar-refractivity contribution < 1.29 is 24.3 Å². The van der Waals surface area contributed by atoms with Crippen LogP contribution < -0.4 is 5.32 Å². The number of nitrogens with one attached hydrogen (secondary N) is 1. The largest absolute Gasteiger partial charge is 0.380 e. The van der Waals surface area contributed by atoms with Crippen molar-refractivity contribution in [1.82, 2.24) is 5.32 Å². The van der Waals surface area contributed by atoms with E-state index in [4.69, 9.17) is 9.79 Å². The van der Waals surface area contributed by atoms with Gasteiger partial charge in [0.2, 0.25) is 0 Å². The lowest BCUT2D eigenvalue weighted by molar-refractivity contribution is -0.142. The Bertz CT molecular complexity index is 308. The van der Waals surface area contributed by atoms with E-state index in [0.717, 1.165) is 19.3 Å². The summed E-state index contributed by atoms with van der Waals surface area (Å²) in [6.07, 6.45) is 3.62. The second kappa shape index (κ2) is 5.96. The first kappa shape index (κ1) is 14.6. The molecule has 0 bridgehead atoms. The molecule has 17 heavy (non-hydrogen) atoms. The molecule has 4 N–H and O–H groups in total. The van der Waals surface area contributed by atoms with Crippen LogP contribution in [-0.2, 0) is 9.36 Å². The maximum Gasteiger partial charge on any atom is 0.325 e. The minimum atomic E-state index is -3.99. The molecule has 0 heterocycles. The van der Waals surface area contributed by atoms with Gasteiger partial charge in [-0.2, -0.15) is 0 Å². The van der Waals surface area contributed by atoms with Gasteiger partial charge in [0, 0.05) is 6.54 Å². The van der Waals surface area contributed by atoms with Crippen LogP contribution in [0.25, 0.3) is 0 Å². The summed E-state index contributed by atoms with van der Waals surface area (Å²) < 4.78 is 10.6. The molecule has 0 unspecified atom stereocenters. The first-order valence-electron chi connectivity index (χ1n) is 5.89. The zero-order chi connectivity index (χ0) is 12.9. The summed E-state index contributed by atoms with van der Waals surface area (Å²) in [5.74, 6) is -0.414. The molecule has 0 aromatic heterocycles. The highest BCUT2D eigenvalue weighted by Crippen LogP contribution is 2.34. The minimum Gasteiger partial charge on any atom is -0.380 e. The van der Waals surface area contributed by atoms with Crippen LogP contribution in [0, 0.1) is 0 Å². The van der Waals surface area contributed by atoms with Crippen molar-refractivity contribution in [3.8, 4) is 0 Å². The van der Waals surface area contributed by atoms with Crippen molar-refractivity contribution in [2.75, 3.05) is 12.7 Å². The third kappa shape index (κ3) is 5.17. The number of aliphatic hydroxyl groups is 1. The molecule has 1 saturated carbocycles. The summed E-state index contributed by atoms with van der Waals surface area (Å²) in [5.41, 5.74) is -1.28. The summed E-state index contributed by atoms with van der Waals surface area (Å²) in [6, 6.07) is 0. The van der Waals surface area contributed by atoms with Crippen molar-refractivity contribution in [1.29, 1.82) is 0 Å². The molecule has 0 aromatic rings. The Morgan fingerprint density at radius 3 is 2.35 bits per heavy atom. The van der Waals surface area contributed by atoms with Crippen molar-refractivity contribution >= 4 is 13.5 Å². The van der Waals surface area contributed by atoms with E-state index in [0.29, 0.717) is 12.8 Å². The summed E-state index contributed by atoms with van der Waals surface area (Å²) in [4.78, 5) is 29.0. The highest BCUT2D eigenvalue weighted by atomic mass is 31.2. The van der Waals surface area contributed by atoms with Gasteiger partial charge in [-0.25, -0.2) is 0 Å². The summed E-state index contributed by atoms with van der Waals surface area (Å²) in [7, 11) is -3.99. The Balaban J connectivity index is 2.27. The zero-order valence-electron chi connectivity index (χ0n) is 9.76. The van der Waals surface area contributed by atoms with Crippen molar-refractivity contribution in [3.05, 3.63) is 0 Å². The normalized spacial score (nSPS) is 19.9. The second-order valence-electron chi connectivity index (χ2n) is 4.59. The quantitative estimate of drug-likeness (QED) is 0.424. The van der Waals surface area contributed by atoms with Gasteiger partial charge >= 0.3 is 7.60 Å². The van der Waals surface area contributed by atoms with Crippen LogP contribution in [0.1, 0.15) is 38.5 Å².